The molecule has 0 heterocycles. The summed E-state index contributed by atoms with van der Waals surface area (Å²) in [6, 6.07) is 7.77. The van der Waals surface area contributed by atoms with E-state index in [1.54, 1.807) is 0 Å². The molecule has 0 amide bonds. The van der Waals surface area contributed by atoms with Crippen LogP contribution in [0, 0.1) is 41.5 Å². The van der Waals surface area contributed by atoms with Crippen LogP contribution in [0.15, 0.2) is 29.2 Å². The highest BCUT2D eigenvalue weighted by Gasteiger charge is 2.23. The van der Waals surface area contributed by atoms with Gasteiger partial charge in [0.1, 0.15) is 0 Å². The van der Waals surface area contributed by atoms with E-state index in [2.05, 4.69) is 4.72 Å². The van der Waals surface area contributed by atoms with Gasteiger partial charge in [0.05, 0.1) is 10.6 Å². The van der Waals surface area contributed by atoms with Gasteiger partial charge in [0.2, 0.25) is 0 Å². The van der Waals surface area contributed by atoms with Crippen LogP contribution in [0.3, 0.4) is 0 Å². The summed E-state index contributed by atoms with van der Waals surface area (Å²) in [6.45, 7) is 11.4. The van der Waals surface area contributed by atoms with E-state index in [-0.39, 0.29) is 0 Å². The third-order valence-corrected chi connectivity index (χ3v) is 5.91. The molecule has 118 valence electrons. The first-order valence-corrected chi connectivity index (χ1v) is 8.80. The summed E-state index contributed by atoms with van der Waals surface area (Å²) in [5.74, 6) is 0. The summed E-state index contributed by atoms with van der Waals surface area (Å²) in [5, 5.41) is 0. The lowest BCUT2D eigenvalue weighted by Crippen LogP contribution is -2.18. The molecule has 2 rings (SSSR count). The van der Waals surface area contributed by atoms with Gasteiger partial charge < -0.3 is 0 Å². The lowest BCUT2D eigenvalue weighted by Gasteiger charge is -2.18. The zero-order valence-electron chi connectivity index (χ0n) is 14.0. The van der Waals surface area contributed by atoms with E-state index in [1.165, 1.54) is 0 Å². The Balaban J connectivity index is 2.63. The van der Waals surface area contributed by atoms with Gasteiger partial charge in [-0.1, -0.05) is 24.3 Å². The molecule has 2 aromatic rings. The van der Waals surface area contributed by atoms with Crippen LogP contribution >= 0.6 is 0 Å². The van der Waals surface area contributed by atoms with Crippen LogP contribution in [0.1, 0.15) is 33.4 Å². The van der Waals surface area contributed by atoms with E-state index in [0.29, 0.717) is 10.6 Å². The number of aryl methyl sites for hydroxylation is 4. The molecule has 0 aromatic heterocycles. The van der Waals surface area contributed by atoms with Crippen LogP contribution in [-0.4, -0.2) is 8.42 Å². The minimum absolute atomic E-state index is 0.396. The Kier molecular flexibility index (Phi) is 4.34. The highest BCUT2D eigenvalue weighted by atomic mass is 32.2. The maximum Gasteiger partial charge on any atom is 0.262 e. The van der Waals surface area contributed by atoms with Gasteiger partial charge in [-0.15, -0.1) is 0 Å². The van der Waals surface area contributed by atoms with Gasteiger partial charge in [-0.3, -0.25) is 4.72 Å². The second-order valence-corrected chi connectivity index (χ2v) is 7.58. The van der Waals surface area contributed by atoms with Gasteiger partial charge in [-0.25, -0.2) is 8.42 Å². The van der Waals surface area contributed by atoms with Gasteiger partial charge in [-0.2, -0.15) is 0 Å². The average molecular weight is 317 g/mol. The van der Waals surface area contributed by atoms with E-state index >= 15 is 0 Å². The molecule has 0 saturated carbocycles. The Morgan fingerprint density at radius 2 is 1.23 bits per heavy atom. The highest BCUT2D eigenvalue weighted by molar-refractivity contribution is 7.92. The fraction of sp³-hybridized carbons (Fsp3) is 0.333. The first-order chi connectivity index (χ1) is 10.1. The fourth-order valence-electron chi connectivity index (χ4n) is 2.74. The first kappa shape index (κ1) is 16.6. The number of anilines is 1. The van der Waals surface area contributed by atoms with E-state index < -0.39 is 10.0 Å². The monoisotopic (exact) mass is 317 g/mol. The molecule has 2 aromatic carbocycles. The Morgan fingerprint density at radius 3 is 1.68 bits per heavy atom. The molecule has 0 radical (unpaired) electrons. The van der Waals surface area contributed by atoms with Crippen molar-refractivity contribution in [2.45, 2.75) is 46.4 Å². The van der Waals surface area contributed by atoms with Crippen molar-refractivity contribution in [3.05, 3.63) is 57.6 Å². The van der Waals surface area contributed by atoms with Gasteiger partial charge in [-0.05, 0) is 74.9 Å². The first-order valence-electron chi connectivity index (χ1n) is 7.31. The van der Waals surface area contributed by atoms with Gasteiger partial charge in [0.15, 0.2) is 0 Å². The molecular formula is C18H23NO2S. The Morgan fingerprint density at radius 1 is 0.773 bits per heavy atom. The molecule has 22 heavy (non-hydrogen) atoms. The molecule has 0 fully saturated rings. The summed E-state index contributed by atoms with van der Waals surface area (Å²) in [6.07, 6.45) is 0. The number of hydrogen-bond acceptors (Lipinski definition) is 2. The van der Waals surface area contributed by atoms with E-state index in [1.807, 2.05) is 65.8 Å². The zero-order chi connectivity index (χ0) is 16.7. The predicted octanol–water partition coefficient (Wildman–Crippen LogP) is 4.34. The summed E-state index contributed by atoms with van der Waals surface area (Å²) < 4.78 is 28.7. The van der Waals surface area contributed by atoms with Crippen molar-refractivity contribution >= 4 is 15.7 Å². The number of benzene rings is 2. The Hall–Kier alpha value is -1.81. The summed E-state index contributed by atoms with van der Waals surface area (Å²) in [5.41, 5.74) is 6.10. The SMILES string of the molecule is Cc1cc(C)c(C)c(S(=O)(=O)Nc2c(C)cccc2C)c1C. The quantitative estimate of drug-likeness (QED) is 0.915. The smallest absolute Gasteiger partial charge is 0.262 e. The topological polar surface area (TPSA) is 46.2 Å². The van der Waals surface area contributed by atoms with Crippen LogP contribution in [0.2, 0.25) is 0 Å². The van der Waals surface area contributed by atoms with Crippen molar-refractivity contribution in [2.75, 3.05) is 4.72 Å². The maximum absolute atomic E-state index is 12.9. The second kappa shape index (κ2) is 5.76. The van der Waals surface area contributed by atoms with Gasteiger partial charge >= 0.3 is 0 Å². The minimum atomic E-state index is -3.61. The fourth-order valence-corrected chi connectivity index (χ4v) is 4.57. The van der Waals surface area contributed by atoms with Gasteiger partial charge in [0.25, 0.3) is 10.0 Å². The number of nitrogens with one attached hydrogen (secondary N) is 1. The van der Waals surface area contributed by atoms with E-state index in [4.69, 9.17) is 0 Å². The van der Waals surface area contributed by atoms with Crippen LogP contribution < -0.4 is 4.72 Å². The third kappa shape index (κ3) is 2.88. The molecule has 0 unspecified atom stereocenters. The van der Waals surface area contributed by atoms with Crippen molar-refractivity contribution in [1.29, 1.82) is 0 Å². The standard InChI is InChI=1S/C18H23NO2S/c1-11-8-7-9-12(2)17(11)19-22(20,21)18-15(5)13(3)10-14(4)16(18)6/h7-10,19H,1-6H3. The summed E-state index contributed by atoms with van der Waals surface area (Å²) >= 11 is 0. The van der Waals surface area contributed by atoms with Gasteiger partial charge in [0, 0.05) is 0 Å². The lowest BCUT2D eigenvalue weighted by molar-refractivity contribution is 0.599. The second-order valence-electron chi connectivity index (χ2n) is 5.96. The predicted molar refractivity (Wildman–Crippen MR) is 92.1 cm³/mol. The number of sulfonamides is 1. The number of rotatable bonds is 3. The van der Waals surface area contributed by atoms with Crippen LogP contribution in [0.4, 0.5) is 5.69 Å². The molecule has 1 N–H and O–H groups in total. The van der Waals surface area contributed by atoms with E-state index in [9.17, 15) is 8.42 Å². The maximum atomic E-state index is 12.9. The van der Waals surface area contributed by atoms with Crippen molar-refractivity contribution < 1.29 is 8.42 Å². The molecule has 0 aliphatic carbocycles. The Labute approximate surface area is 133 Å². The van der Waals surface area contributed by atoms with Crippen molar-refractivity contribution in [3.8, 4) is 0 Å². The molecule has 0 saturated heterocycles. The van der Waals surface area contributed by atoms with Crippen molar-refractivity contribution in [3.63, 3.8) is 0 Å². The minimum Gasteiger partial charge on any atom is -0.279 e. The third-order valence-electron chi connectivity index (χ3n) is 4.28. The zero-order valence-corrected chi connectivity index (χ0v) is 14.9. The summed E-state index contributed by atoms with van der Waals surface area (Å²) in [4.78, 5) is 0.396. The molecule has 3 nitrogen and oxygen atoms in total. The van der Waals surface area contributed by atoms with Crippen molar-refractivity contribution in [2.24, 2.45) is 0 Å². The van der Waals surface area contributed by atoms with Crippen LogP contribution in [0.5, 0.6) is 0 Å². The van der Waals surface area contributed by atoms with E-state index in [0.717, 1.165) is 33.4 Å². The van der Waals surface area contributed by atoms with Crippen molar-refractivity contribution in [1.82, 2.24) is 0 Å². The number of hydrogen-bond donors (Lipinski definition) is 1. The molecule has 0 atom stereocenters. The van der Waals surface area contributed by atoms with Crippen LogP contribution in [-0.2, 0) is 10.0 Å². The molecule has 0 spiro atoms. The highest BCUT2D eigenvalue weighted by Crippen LogP contribution is 2.29. The largest absolute Gasteiger partial charge is 0.279 e. The lowest BCUT2D eigenvalue weighted by atomic mass is 10.0. The summed E-state index contributed by atoms with van der Waals surface area (Å²) in [7, 11) is -3.61. The Bertz CT molecular complexity index is 790. The number of para-hydroxylation sites is 1. The molecule has 4 heteroatoms. The molecule has 0 aliphatic rings. The molecular weight excluding hydrogens is 294 g/mol. The average Bonchev–Trinajstić information content (AvgIpc) is 2.41. The molecule has 0 bridgehead atoms. The van der Waals surface area contributed by atoms with Crippen LogP contribution in [0.25, 0.3) is 0 Å². The normalized spacial score (nSPS) is 11.5. The molecule has 0 aliphatic heterocycles.